The molecular formula is C19H22F3N5O2S. The molecule has 3 rings (SSSR count). The van der Waals surface area contributed by atoms with Crippen molar-refractivity contribution in [2.75, 3.05) is 11.9 Å². The zero-order chi connectivity index (χ0) is 24.8. The van der Waals surface area contributed by atoms with Crippen LogP contribution in [0.15, 0.2) is 18.3 Å². The molecular weight excluding hydrogens is 420 g/mol. The molecule has 0 radical (unpaired) electrons. The number of pyridine rings is 1. The Bertz CT molecular complexity index is 1070. The molecule has 0 aromatic carbocycles. The first-order valence-electron chi connectivity index (χ1n) is 10.5. The summed E-state index contributed by atoms with van der Waals surface area (Å²) in [6.07, 6.45) is -2.41. The number of aromatic nitrogens is 2. The Balaban J connectivity index is 1.98. The molecule has 1 fully saturated rings. The molecule has 7 nitrogen and oxygen atoms in total. The van der Waals surface area contributed by atoms with Crippen molar-refractivity contribution in [3.8, 4) is 10.4 Å². The highest BCUT2D eigenvalue weighted by Crippen LogP contribution is 2.41. The second-order valence-corrected chi connectivity index (χ2v) is 8.43. The van der Waals surface area contributed by atoms with E-state index in [1.807, 2.05) is 0 Å². The molecule has 0 aliphatic carbocycles. The first-order chi connectivity index (χ1) is 15.1. The van der Waals surface area contributed by atoms with E-state index in [-0.39, 0.29) is 27.0 Å². The molecule has 1 saturated heterocycles. The highest BCUT2D eigenvalue weighted by Gasteiger charge is 2.49. The number of likely N-dealkylation sites (tertiary alicyclic amines) is 1. The molecule has 1 aliphatic heterocycles. The standard InChI is InChI=1S/C19H22F3N5O2S/c1-10-14(11-6-7-24-13(9-11)18(2,3)19(20,21)22)30-16(25-10)26-17(29)27-8-4-5-12(27)15(23)28/h6-7,9,12H,4-5,8H2,1-3H3,(H2,23,28)(H,25,26,29)/t12-/m0/s1/i1D3,23+1. The SMILES string of the molecule is [2H]C([2H])([2H])c1nc(NC(=O)N2CCC[C@H]2C([15NH2])=O)sc1-c1ccnc(C(C)(C)C(F)(F)F)c1. The van der Waals surface area contributed by atoms with Crippen molar-refractivity contribution in [3.63, 3.8) is 0 Å². The van der Waals surface area contributed by atoms with Crippen molar-refractivity contribution in [2.24, 2.45) is 5.73 Å². The minimum absolute atomic E-state index is 0.0651. The van der Waals surface area contributed by atoms with E-state index in [4.69, 9.17) is 9.85 Å². The molecule has 1 atom stereocenters. The number of carbonyl (C=O) groups is 2. The molecule has 2 aromatic rings. The number of amides is 3. The van der Waals surface area contributed by atoms with Gasteiger partial charge in [0, 0.05) is 16.9 Å². The molecule has 30 heavy (non-hydrogen) atoms. The predicted molar refractivity (Wildman–Crippen MR) is 107 cm³/mol. The molecule has 0 saturated carbocycles. The number of hydrogen-bond donors (Lipinski definition) is 2. The fourth-order valence-electron chi connectivity index (χ4n) is 3.10. The first kappa shape index (κ1) is 18.1. The van der Waals surface area contributed by atoms with Crippen molar-refractivity contribution in [2.45, 2.75) is 51.2 Å². The van der Waals surface area contributed by atoms with Gasteiger partial charge in [-0.3, -0.25) is 15.1 Å². The molecule has 1 aliphatic rings. The van der Waals surface area contributed by atoms with E-state index >= 15 is 0 Å². The Hall–Kier alpha value is -2.69. The molecule has 3 amide bonds. The first-order valence-corrected chi connectivity index (χ1v) is 9.86. The minimum Gasteiger partial charge on any atom is -0.368 e. The molecule has 0 spiro atoms. The van der Waals surface area contributed by atoms with E-state index in [0.717, 1.165) is 25.2 Å². The summed E-state index contributed by atoms with van der Waals surface area (Å²) in [5.74, 6) is -0.651. The number of aryl methyl sites for hydroxylation is 1. The maximum Gasteiger partial charge on any atom is 0.399 e. The number of nitrogens with two attached hydrogens (primary N) is 1. The number of thiazole rings is 1. The van der Waals surface area contributed by atoms with Crippen LogP contribution in [0.1, 0.15) is 42.2 Å². The minimum atomic E-state index is -4.58. The van der Waals surface area contributed by atoms with Gasteiger partial charge in [-0.2, -0.15) is 13.2 Å². The Morgan fingerprint density at radius 3 is 2.77 bits per heavy atom. The van der Waals surface area contributed by atoms with Crippen LogP contribution < -0.4 is 11.1 Å². The fourth-order valence-corrected chi connectivity index (χ4v) is 3.95. The van der Waals surface area contributed by atoms with E-state index < -0.39 is 36.4 Å². The van der Waals surface area contributed by atoms with Crippen LogP contribution in [0.3, 0.4) is 0 Å². The second-order valence-electron chi connectivity index (χ2n) is 7.43. The summed E-state index contributed by atoms with van der Waals surface area (Å²) in [5, 5.41) is 2.42. The van der Waals surface area contributed by atoms with E-state index in [2.05, 4.69) is 15.3 Å². The van der Waals surface area contributed by atoms with Crippen LogP contribution in [0.5, 0.6) is 0 Å². The van der Waals surface area contributed by atoms with Crippen LogP contribution in [-0.2, 0) is 10.2 Å². The summed E-state index contributed by atoms with van der Waals surface area (Å²) in [4.78, 5) is 33.4. The highest BCUT2D eigenvalue weighted by atomic mass is 32.1. The van der Waals surface area contributed by atoms with Crippen molar-refractivity contribution >= 4 is 28.4 Å². The maximum absolute atomic E-state index is 13.5. The highest BCUT2D eigenvalue weighted by molar-refractivity contribution is 7.19. The Morgan fingerprint density at radius 1 is 1.40 bits per heavy atom. The van der Waals surface area contributed by atoms with Gasteiger partial charge >= 0.3 is 12.2 Å². The van der Waals surface area contributed by atoms with Crippen molar-refractivity contribution in [1.82, 2.24) is 14.9 Å². The number of nitrogens with zero attached hydrogens (tertiary/aromatic N) is 3. The topological polar surface area (TPSA) is 101 Å². The smallest absolute Gasteiger partial charge is 0.368 e. The Kier molecular flexibility index (Phi) is 4.74. The summed E-state index contributed by atoms with van der Waals surface area (Å²) in [5.41, 5.74) is 2.58. The number of rotatable bonds is 4. The van der Waals surface area contributed by atoms with E-state index in [1.165, 1.54) is 23.2 Å². The van der Waals surface area contributed by atoms with Crippen LogP contribution >= 0.6 is 11.3 Å². The third-order valence-electron chi connectivity index (χ3n) is 5.05. The van der Waals surface area contributed by atoms with Crippen molar-refractivity contribution in [1.29, 1.82) is 0 Å². The molecule has 162 valence electrons. The Morgan fingerprint density at radius 2 is 2.13 bits per heavy atom. The number of urea groups is 1. The molecule has 11 heteroatoms. The number of hydrogen-bond acceptors (Lipinski definition) is 5. The second kappa shape index (κ2) is 7.86. The number of halogens is 3. The van der Waals surface area contributed by atoms with E-state index in [9.17, 15) is 22.8 Å². The van der Waals surface area contributed by atoms with Gasteiger partial charge in [0.05, 0.1) is 16.3 Å². The lowest BCUT2D eigenvalue weighted by molar-refractivity contribution is -0.181. The third kappa shape index (κ3) is 4.11. The van der Waals surface area contributed by atoms with Gasteiger partial charge in [0.25, 0.3) is 0 Å². The van der Waals surface area contributed by atoms with Crippen LogP contribution in [-0.4, -0.2) is 45.6 Å². The lowest BCUT2D eigenvalue weighted by atomic mass is 9.87. The van der Waals surface area contributed by atoms with Gasteiger partial charge in [0.1, 0.15) is 11.5 Å². The largest absolute Gasteiger partial charge is 0.399 e. The van der Waals surface area contributed by atoms with Crippen LogP contribution in [0.4, 0.5) is 23.1 Å². The van der Waals surface area contributed by atoms with Gasteiger partial charge < -0.3 is 10.6 Å². The van der Waals surface area contributed by atoms with Crippen LogP contribution in [0.25, 0.3) is 10.4 Å². The summed E-state index contributed by atoms with van der Waals surface area (Å²) >= 11 is 0.808. The molecule has 0 unspecified atom stereocenters. The van der Waals surface area contributed by atoms with Gasteiger partial charge in [0.15, 0.2) is 5.13 Å². The number of carbonyl (C=O) groups excluding carboxylic acids is 2. The number of nitrogens with one attached hydrogen (secondary N) is 1. The monoisotopic (exact) mass is 445 g/mol. The quantitative estimate of drug-likeness (QED) is 0.699. The number of alkyl halides is 3. The van der Waals surface area contributed by atoms with Gasteiger partial charge in [-0.15, -0.1) is 0 Å². The fraction of sp³-hybridized carbons (Fsp3) is 0.474. The molecule has 3 N–H and O–H groups in total. The van der Waals surface area contributed by atoms with Crippen molar-refractivity contribution in [3.05, 3.63) is 29.7 Å². The summed E-state index contributed by atoms with van der Waals surface area (Å²) < 4.78 is 63.8. The average molecular weight is 445 g/mol. The van der Waals surface area contributed by atoms with Gasteiger partial charge in [-0.25, -0.2) is 9.78 Å². The zero-order valence-electron chi connectivity index (χ0n) is 19.2. The summed E-state index contributed by atoms with van der Waals surface area (Å²) in [6.45, 7) is -0.439. The summed E-state index contributed by atoms with van der Waals surface area (Å²) in [6, 6.07) is 1.11. The number of primary amides is 1. The lowest BCUT2D eigenvalue weighted by Gasteiger charge is -2.27. The van der Waals surface area contributed by atoms with Crippen molar-refractivity contribution < 1.29 is 26.9 Å². The summed E-state index contributed by atoms with van der Waals surface area (Å²) in [7, 11) is 0. The maximum atomic E-state index is 13.5. The Labute approximate surface area is 179 Å². The zero-order valence-corrected chi connectivity index (χ0v) is 17.0. The van der Waals surface area contributed by atoms with Crippen LogP contribution in [0, 0.1) is 6.85 Å². The third-order valence-corrected chi connectivity index (χ3v) is 6.07. The molecule has 3 heterocycles. The van der Waals surface area contributed by atoms with Gasteiger partial charge in [0.2, 0.25) is 5.91 Å². The van der Waals surface area contributed by atoms with Gasteiger partial charge in [-0.05, 0) is 51.2 Å². The number of anilines is 1. The molecule has 2 aromatic heterocycles. The van der Waals surface area contributed by atoms with Crippen LogP contribution in [0.2, 0.25) is 0 Å². The van der Waals surface area contributed by atoms with E-state index in [0.29, 0.717) is 19.4 Å². The molecule has 0 bridgehead atoms. The average Bonchev–Trinajstić information content (AvgIpc) is 3.34. The van der Waals surface area contributed by atoms with Gasteiger partial charge in [-0.1, -0.05) is 11.3 Å². The lowest BCUT2D eigenvalue weighted by Crippen LogP contribution is -2.45. The normalized spacial score (nSPS) is 19.2. The van der Waals surface area contributed by atoms with E-state index in [1.54, 1.807) is 0 Å². The predicted octanol–water partition coefficient (Wildman–Crippen LogP) is 3.84.